The Hall–Kier alpha value is -1.55. The van der Waals surface area contributed by atoms with E-state index < -0.39 is 17.5 Å². The van der Waals surface area contributed by atoms with Crippen molar-refractivity contribution in [2.45, 2.75) is 38.7 Å². The van der Waals surface area contributed by atoms with E-state index in [1.165, 1.54) is 19.2 Å². The first-order valence-electron chi connectivity index (χ1n) is 6.53. The molecule has 2 atom stereocenters. The lowest BCUT2D eigenvalue weighted by Crippen LogP contribution is -2.38. The highest BCUT2D eigenvalue weighted by molar-refractivity contribution is 5.74. The fourth-order valence-corrected chi connectivity index (χ4v) is 2.20. The normalized spacial score (nSPS) is 15.6. The molecule has 0 spiro atoms. The molecule has 4 heteroatoms. The summed E-state index contributed by atoms with van der Waals surface area (Å²) in [6, 6.07) is 6.34. The quantitative estimate of drug-likeness (QED) is 0.777. The summed E-state index contributed by atoms with van der Waals surface area (Å²) < 4.78 is 4.79. The van der Waals surface area contributed by atoms with Crippen molar-refractivity contribution in [3.63, 3.8) is 0 Å². The second-order valence-corrected chi connectivity index (χ2v) is 4.92. The fraction of sp³-hybridized carbons (Fsp3) is 0.533. The Kier molecular flexibility index (Phi) is 5.36. The minimum atomic E-state index is -1.36. The molecule has 0 aromatic heterocycles. The molecule has 1 aromatic rings. The minimum absolute atomic E-state index is 0.0666. The summed E-state index contributed by atoms with van der Waals surface area (Å²) in [5.74, 6) is -1.00. The Morgan fingerprint density at radius 2 is 2.16 bits per heavy atom. The van der Waals surface area contributed by atoms with Crippen molar-refractivity contribution in [1.29, 1.82) is 0 Å². The van der Waals surface area contributed by atoms with Gasteiger partial charge in [0.05, 0.1) is 13.0 Å². The number of methoxy groups -OCH3 is 1. The van der Waals surface area contributed by atoms with Crippen molar-refractivity contribution < 1.29 is 19.7 Å². The van der Waals surface area contributed by atoms with Gasteiger partial charge >= 0.3 is 5.97 Å². The monoisotopic (exact) mass is 266 g/mol. The average Bonchev–Trinajstić information content (AvgIpc) is 2.38. The zero-order valence-electron chi connectivity index (χ0n) is 11.7. The molecule has 0 aliphatic rings. The van der Waals surface area contributed by atoms with Gasteiger partial charge in [-0.25, -0.2) is 0 Å². The molecule has 0 aliphatic carbocycles. The number of phenolic OH excluding ortho intramolecular Hbond substituents is 1. The molecule has 2 unspecified atom stereocenters. The van der Waals surface area contributed by atoms with Crippen LogP contribution >= 0.6 is 0 Å². The third-order valence-electron chi connectivity index (χ3n) is 3.44. The molecule has 1 rings (SSSR count). The Balaban J connectivity index is 3.07. The molecule has 0 saturated heterocycles. The van der Waals surface area contributed by atoms with E-state index in [2.05, 4.69) is 0 Å². The third-order valence-corrected chi connectivity index (χ3v) is 3.44. The van der Waals surface area contributed by atoms with Gasteiger partial charge in [0.25, 0.3) is 0 Å². The van der Waals surface area contributed by atoms with Crippen LogP contribution in [0.4, 0.5) is 0 Å². The van der Waals surface area contributed by atoms with E-state index in [4.69, 9.17) is 4.74 Å². The summed E-state index contributed by atoms with van der Waals surface area (Å²) >= 11 is 0. The Morgan fingerprint density at radius 3 is 2.68 bits per heavy atom. The first-order valence-corrected chi connectivity index (χ1v) is 6.53. The molecule has 19 heavy (non-hydrogen) atoms. The number of hydrogen-bond acceptors (Lipinski definition) is 4. The number of hydrogen-bond donors (Lipinski definition) is 2. The van der Waals surface area contributed by atoms with Crippen LogP contribution in [0.3, 0.4) is 0 Å². The first kappa shape index (κ1) is 15.5. The standard InChI is InChI=1S/C15H22O4/c1-4-5-9-13(14(17)19-3)15(2,18)11-7-6-8-12(16)10-11/h6-8,10,13,16,18H,4-5,9H2,1-3H3. The van der Waals surface area contributed by atoms with Gasteiger partial charge in [0.15, 0.2) is 0 Å². The lowest BCUT2D eigenvalue weighted by atomic mass is 9.80. The third kappa shape index (κ3) is 3.70. The minimum Gasteiger partial charge on any atom is -0.508 e. The van der Waals surface area contributed by atoms with Gasteiger partial charge in [-0.3, -0.25) is 4.79 Å². The summed E-state index contributed by atoms with van der Waals surface area (Å²) in [4.78, 5) is 11.9. The summed E-state index contributed by atoms with van der Waals surface area (Å²) in [6.07, 6.45) is 2.31. The topological polar surface area (TPSA) is 66.8 Å². The molecule has 2 N–H and O–H groups in total. The lowest BCUT2D eigenvalue weighted by Gasteiger charge is -2.31. The van der Waals surface area contributed by atoms with Crippen LogP contribution in [0, 0.1) is 5.92 Å². The number of benzene rings is 1. The van der Waals surface area contributed by atoms with Gasteiger partial charge in [0, 0.05) is 0 Å². The van der Waals surface area contributed by atoms with Crippen LogP contribution < -0.4 is 0 Å². The van der Waals surface area contributed by atoms with E-state index in [9.17, 15) is 15.0 Å². The summed E-state index contributed by atoms with van der Waals surface area (Å²) in [5, 5.41) is 20.2. The number of aliphatic hydroxyl groups is 1. The zero-order chi connectivity index (χ0) is 14.5. The maximum atomic E-state index is 11.9. The van der Waals surface area contributed by atoms with Crippen molar-refractivity contribution in [3.05, 3.63) is 29.8 Å². The smallest absolute Gasteiger partial charge is 0.311 e. The van der Waals surface area contributed by atoms with Crippen LogP contribution in [0.5, 0.6) is 5.75 Å². The molecule has 0 heterocycles. The van der Waals surface area contributed by atoms with Gasteiger partial charge in [-0.2, -0.15) is 0 Å². The molecule has 0 bridgehead atoms. The van der Waals surface area contributed by atoms with E-state index in [-0.39, 0.29) is 5.75 Å². The number of carbonyl (C=O) groups excluding carboxylic acids is 1. The molecule has 0 saturated carbocycles. The highest BCUT2D eigenvalue weighted by Crippen LogP contribution is 2.34. The summed E-state index contributed by atoms with van der Waals surface area (Å²) in [6.45, 7) is 3.61. The zero-order valence-corrected chi connectivity index (χ0v) is 11.7. The number of carbonyl (C=O) groups is 1. The van der Waals surface area contributed by atoms with Crippen LogP contribution in [-0.2, 0) is 15.1 Å². The van der Waals surface area contributed by atoms with Crippen molar-refractivity contribution in [2.24, 2.45) is 5.92 Å². The van der Waals surface area contributed by atoms with E-state index in [0.717, 1.165) is 12.8 Å². The van der Waals surface area contributed by atoms with Gasteiger partial charge in [0.2, 0.25) is 0 Å². The predicted molar refractivity (Wildman–Crippen MR) is 72.7 cm³/mol. The van der Waals surface area contributed by atoms with E-state index in [1.54, 1.807) is 19.1 Å². The van der Waals surface area contributed by atoms with Gasteiger partial charge < -0.3 is 14.9 Å². The van der Waals surface area contributed by atoms with Crippen LogP contribution in [0.15, 0.2) is 24.3 Å². The maximum absolute atomic E-state index is 11.9. The molecule has 0 radical (unpaired) electrons. The van der Waals surface area contributed by atoms with Crippen molar-refractivity contribution >= 4 is 5.97 Å². The van der Waals surface area contributed by atoms with Crippen molar-refractivity contribution in [3.8, 4) is 5.75 Å². The summed E-state index contributed by atoms with van der Waals surface area (Å²) in [7, 11) is 1.32. The summed E-state index contributed by atoms with van der Waals surface area (Å²) in [5.41, 5.74) is -0.847. The highest BCUT2D eigenvalue weighted by Gasteiger charge is 2.39. The highest BCUT2D eigenvalue weighted by atomic mass is 16.5. The van der Waals surface area contributed by atoms with Crippen LogP contribution in [-0.4, -0.2) is 23.3 Å². The Morgan fingerprint density at radius 1 is 1.47 bits per heavy atom. The number of esters is 1. The van der Waals surface area contributed by atoms with Gasteiger partial charge in [-0.15, -0.1) is 0 Å². The molecular weight excluding hydrogens is 244 g/mol. The first-order chi connectivity index (χ1) is 8.93. The largest absolute Gasteiger partial charge is 0.508 e. The Bertz CT molecular complexity index is 426. The lowest BCUT2D eigenvalue weighted by molar-refractivity contribution is -0.156. The number of ether oxygens (including phenoxy) is 1. The predicted octanol–water partition coefficient (Wildman–Crippen LogP) is 2.58. The van der Waals surface area contributed by atoms with Crippen LogP contribution in [0.2, 0.25) is 0 Å². The molecular formula is C15H22O4. The van der Waals surface area contributed by atoms with E-state index in [0.29, 0.717) is 12.0 Å². The number of aromatic hydroxyl groups is 1. The second kappa shape index (κ2) is 6.57. The SMILES string of the molecule is CCCCC(C(=O)OC)C(C)(O)c1cccc(O)c1. The number of unbranched alkanes of at least 4 members (excludes halogenated alkanes) is 1. The molecule has 0 amide bonds. The molecule has 106 valence electrons. The second-order valence-electron chi connectivity index (χ2n) is 4.92. The van der Waals surface area contributed by atoms with Crippen LogP contribution in [0.1, 0.15) is 38.7 Å². The van der Waals surface area contributed by atoms with Gasteiger partial charge in [-0.05, 0) is 31.0 Å². The molecule has 4 nitrogen and oxygen atoms in total. The van der Waals surface area contributed by atoms with Crippen molar-refractivity contribution in [1.82, 2.24) is 0 Å². The fourth-order valence-electron chi connectivity index (χ4n) is 2.20. The molecule has 1 aromatic carbocycles. The average molecular weight is 266 g/mol. The van der Waals surface area contributed by atoms with E-state index in [1.807, 2.05) is 6.92 Å². The maximum Gasteiger partial charge on any atom is 0.311 e. The van der Waals surface area contributed by atoms with Gasteiger partial charge in [-0.1, -0.05) is 31.9 Å². The molecule has 0 fully saturated rings. The van der Waals surface area contributed by atoms with Crippen molar-refractivity contribution in [2.75, 3.05) is 7.11 Å². The van der Waals surface area contributed by atoms with Gasteiger partial charge in [0.1, 0.15) is 11.4 Å². The number of phenols is 1. The van der Waals surface area contributed by atoms with E-state index >= 15 is 0 Å². The number of rotatable bonds is 6. The Labute approximate surface area is 114 Å². The molecule has 0 aliphatic heterocycles. The van der Waals surface area contributed by atoms with Crippen LogP contribution in [0.25, 0.3) is 0 Å².